The maximum absolute atomic E-state index is 13.3. The summed E-state index contributed by atoms with van der Waals surface area (Å²) in [4.78, 5) is 29.8. The predicted molar refractivity (Wildman–Crippen MR) is 147 cm³/mol. The summed E-state index contributed by atoms with van der Waals surface area (Å²) in [7, 11) is 1.61. The molecule has 0 atom stereocenters. The third kappa shape index (κ3) is 4.60. The van der Waals surface area contributed by atoms with Crippen LogP contribution in [0.25, 0.3) is 32.6 Å². The summed E-state index contributed by atoms with van der Waals surface area (Å²) >= 11 is 1.18. The number of benzene rings is 3. The molecule has 8 nitrogen and oxygen atoms in total. The molecule has 1 amide bonds. The van der Waals surface area contributed by atoms with Gasteiger partial charge >= 0.3 is 0 Å². The van der Waals surface area contributed by atoms with Crippen LogP contribution in [0.15, 0.2) is 78.9 Å². The lowest BCUT2D eigenvalue weighted by Crippen LogP contribution is -2.12. The van der Waals surface area contributed by atoms with E-state index in [0.717, 1.165) is 28.1 Å². The van der Waals surface area contributed by atoms with Crippen LogP contribution < -0.4 is 15.8 Å². The topological polar surface area (TPSA) is 120 Å². The van der Waals surface area contributed by atoms with E-state index in [9.17, 15) is 14.9 Å². The quantitative estimate of drug-likeness (QED) is 0.194. The Morgan fingerprint density at radius 2 is 1.76 bits per heavy atom. The molecule has 37 heavy (non-hydrogen) atoms. The molecule has 3 N–H and O–H groups in total. The number of methoxy groups -OCH3 is 1. The largest absolute Gasteiger partial charge is 0.497 e. The van der Waals surface area contributed by atoms with Crippen molar-refractivity contribution in [1.82, 2.24) is 4.98 Å². The van der Waals surface area contributed by atoms with E-state index < -0.39 is 10.8 Å². The van der Waals surface area contributed by atoms with Crippen molar-refractivity contribution in [3.05, 3.63) is 99.4 Å². The standard InChI is InChI=1S/C28H22N4O4S/c1-16-8-11-19(14-23(16)32(34)35)30-27(33)26-25(29)24-21(17-6-4-3-5-7-17)15-22(31-28(24)37-26)18-9-12-20(36-2)13-10-18/h3-15H,29H2,1-2H3,(H,30,33). The molecule has 0 saturated carbocycles. The van der Waals surface area contributed by atoms with Crippen molar-refractivity contribution in [2.24, 2.45) is 0 Å². The number of aryl methyl sites for hydroxylation is 1. The number of rotatable bonds is 6. The smallest absolute Gasteiger partial charge is 0.274 e. The van der Waals surface area contributed by atoms with Gasteiger partial charge in [0.15, 0.2) is 0 Å². The summed E-state index contributed by atoms with van der Waals surface area (Å²) in [6.45, 7) is 1.64. The molecule has 2 aromatic heterocycles. The lowest BCUT2D eigenvalue weighted by atomic mass is 9.99. The molecule has 9 heteroatoms. The fourth-order valence-corrected chi connectivity index (χ4v) is 5.13. The van der Waals surface area contributed by atoms with Crippen molar-refractivity contribution >= 4 is 44.5 Å². The highest BCUT2D eigenvalue weighted by Crippen LogP contribution is 2.41. The Labute approximate surface area is 216 Å². The Kier molecular flexibility index (Phi) is 6.29. The van der Waals surface area contributed by atoms with Crippen molar-refractivity contribution in [3.8, 4) is 28.1 Å². The maximum atomic E-state index is 13.3. The molecule has 0 aliphatic rings. The van der Waals surface area contributed by atoms with Gasteiger partial charge in [0.2, 0.25) is 0 Å². The second-order valence-electron chi connectivity index (χ2n) is 8.39. The molecule has 0 aliphatic heterocycles. The number of aromatic nitrogens is 1. The summed E-state index contributed by atoms with van der Waals surface area (Å²) in [6.07, 6.45) is 0. The highest BCUT2D eigenvalue weighted by atomic mass is 32.1. The number of hydrogen-bond donors (Lipinski definition) is 2. The number of nitrogen functional groups attached to an aromatic ring is 1. The number of hydrogen-bond acceptors (Lipinski definition) is 7. The first-order chi connectivity index (χ1) is 17.9. The molecular weight excluding hydrogens is 488 g/mol. The van der Waals surface area contributed by atoms with E-state index in [-0.39, 0.29) is 10.6 Å². The molecule has 0 fully saturated rings. The minimum absolute atomic E-state index is 0.0701. The molecule has 0 bridgehead atoms. The third-order valence-corrected chi connectivity index (χ3v) is 7.14. The van der Waals surface area contributed by atoms with E-state index in [2.05, 4.69) is 5.32 Å². The Morgan fingerprint density at radius 3 is 2.43 bits per heavy atom. The van der Waals surface area contributed by atoms with Gasteiger partial charge < -0.3 is 15.8 Å². The number of pyridine rings is 1. The molecule has 184 valence electrons. The van der Waals surface area contributed by atoms with Gasteiger partial charge in [-0.1, -0.05) is 36.4 Å². The van der Waals surface area contributed by atoms with Crippen LogP contribution in [-0.2, 0) is 0 Å². The molecule has 2 heterocycles. The molecule has 3 aromatic carbocycles. The molecular formula is C28H22N4O4S. The predicted octanol–water partition coefficient (Wildman–Crippen LogP) is 6.69. The number of nitro groups is 1. The summed E-state index contributed by atoms with van der Waals surface area (Å²) in [5, 5.41) is 14.8. The minimum atomic E-state index is -0.477. The van der Waals surface area contributed by atoms with E-state index in [4.69, 9.17) is 15.5 Å². The fraction of sp³-hybridized carbons (Fsp3) is 0.0714. The lowest BCUT2D eigenvalue weighted by molar-refractivity contribution is -0.385. The van der Waals surface area contributed by atoms with Crippen LogP contribution in [0.1, 0.15) is 15.2 Å². The van der Waals surface area contributed by atoms with Crippen LogP contribution in [0.3, 0.4) is 0 Å². The number of nitrogens with two attached hydrogens (primary N) is 1. The van der Waals surface area contributed by atoms with Gasteiger partial charge in [0.05, 0.1) is 23.4 Å². The van der Waals surface area contributed by atoms with Gasteiger partial charge in [-0.3, -0.25) is 14.9 Å². The first-order valence-electron chi connectivity index (χ1n) is 11.3. The van der Waals surface area contributed by atoms with Crippen LogP contribution in [0, 0.1) is 17.0 Å². The van der Waals surface area contributed by atoms with Crippen molar-refractivity contribution in [2.45, 2.75) is 6.92 Å². The van der Waals surface area contributed by atoms with E-state index in [1.807, 2.05) is 60.7 Å². The molecule has 0 unspecified atom stereocenters. The molecule has 0 radical (unpaired) electrons. The number of amides is 1. The Balaban J connectivity index is 1.62. The van der Waals surface area contributed by atoms with Crippen molar-refractivity contribution in [3.63, 3.8) is 0 Å². The maximum Gasteiger partial charge on any atom is 0.274 e. The zero-order valence-corrected chi connectivity index (χ0v) is 20.8. The Hall–Kier alpha value is -4.76. The first kappa shape index (κ1) is 24.0. The van der Waals surface area contributed by atoms with Crippen molar-refractivity contribution in [2.75, 3.05) is 18.2 Å². The molecule has 5 rings (SSSR count). The lowest BCUT2D eigenvalue weighted by Gasteiger charge is -2.09. The highest BCUT2D eigenvalue weighted by molar-refractivity contribution is 7.21. The summed E-state index contributed by atoms with van der Waals surface area (Å²) < 4.78 is 5.27. The average Bonchev–Trinajstić information content (AvgIpc) is 3.26. The van der Waals surface area contributed by atoms with Gasteiger partial charge in [-0.25, -0.2) is 4.98 Å². The van der Waals surface area contributed by atoms with Crippen molar-refractivity contribution in [1.29, 1.82) is 0 Å². The van der Waals surface area contributed by atoms with E-state index in [0.29, 0.717) is 27.2 Å². The number of anilines is 2. The number of carbonyl (C=O) groups excluding carboxylic acids is 1. The van der Waals surface area contributed by atoms with E-state index in [1.165, 1.54) is 17.4 Å². The number of carbonyl (C=O) groups is 1. The van der Waals surface area contributed by atoms with Gasteiger partial charge in [0, 0.05) is 28.3 Å². The number of ether oxygens (including phenoxy) is 1. The van der Waals surface area contributed by atoms with Crippen LogP contribution in [0.2, 0.25) is 0 Å². The van der Waals surface area contributed by atoms with Gasteiger partial charge in [-0.05, 0) is 54.4 Å². The second-order valence-corrected chi connectivity index (χ2v) is 9.39. The Morgan fingerprint density at radius 1 is 1.03 bits per heavy atom. The number of nitro benzene ring substituents is 1. The van der Waals surface area contributed by atoms with Crippen LogP contribution in [0.4, 0.5) is 17.1 Å². The SMILES string of the molecule is COc1ccc(-c2cc(-c3ccccc3)c3c(N)c(C(=O)Nc4ccc(C)c([N+](=O)[O-])c4)sc3n2)cc1. The number of thiophene rings is 1. The van der Waals surface area contributed by atoms with Gasteiger partial charge in [0.25, 0.3) is 11.6 Å². The molecule has 0 saturated heterocycles. The monoisotopic (exact) mass is 510 g/mol. The average molecular weight is 511 g/mol. The summed E-state index contributed by atoms with van der Waals surface area (Å²) in [5.41, 5.74) is 11.0. The van der Waals surface area contributed by atoms with E-state index in [1.54, 1.807) is 26.2 Å². The first-order valence-corrected chi connectivity index (χ1v) is 12.2. The Bertz CT molecular complexity index is 1650. The van der Waals surface area contributed by atoms with Gasteiger partial charge in [-0.2, -0.15) is 0 Å². The third-order valence-electron chi connectivity index (χ3n) is 6.04. The fourth-order valence-electron chi connectivity index (χ4n) is 4.12. The highest BCUT2D eigenvalue weighted by Gasteiger charge is 2.22. The number of nitrogens with one attached hydrogen (secondary N) is 1. The normalized spacial score (nSPS) is 10.9. The molecule has 0 spiro atoms. The summed E-state index contributed by atoms with van der Waals surface area (Å²) in [5.74, 6) is 0.285. The minimum Gasteiger partial charge on any atom is -0.497 e. The van der Waals surface area contributed by atoms with E-state index >= 15 is 0 Å². The molecule has 0 aliphatic carbocycles. The van der Waals surface area contributed by atoms with Gasteiger partial charge in [-0.15, -0.1) is 11.3 Å². The summed E-state index contributed by atoms with van der Waals surface area (Å²) in [6, 6.07) is 23.9. The molecule has 5 aromatic rings. The second kappa shape index (κ2) is 9.71. The van der Waals surface area contributed by atoms with Gasteiger partial charge in [0.1, 0.15) is 15.5 Å². The van der Waals surface area contributed by atoms with Crippen molar-refractivity contribution < 1.29 is 14.5 Å². The zero-order chi connectivity index (χ0) is 26.1. The number of nitrogens with zero attached hydrogens (tertiary/aromatic N) is 2. The van der Waals surface area contributed by atoms with Crippen LogP contribution in [-0.4, -0.2) is 22.9 Å². The van der Waals surface area contributed by atoms with Crippen LogP contribution in [0.5, 0.6) is 5.75 Å². The zero-order valence-electron chi connectivity index (χ0n) is 20.0. The number of fused-ring (bicyclic) bond motifs is 1. The van der Waals surface area contributed by atoms with Crippen LogP contribution >= 0.6 is 11.3 Å².